The Morgan fingerprint density at radius 3 is 2.59 bits per heavy atom. The molecule has 1 aliphatic rings. The Balaban J connectivity index is 1.55. The lowest BCUT2D eigenvalue weighted by molar-refractivity contribution is -0.132. The third-order valence-corrected chi connectivity index (χ3v) is 6.29. The molecule has 3 heterocycles. The Morgan fingerprint density at radius 2 is 1.93 bits per heavy atom. The number of aromatic nitrogens is 1. The van der Waals surface area contributed by atoms with Gasteiger partial charge in [-0.05, 0) is 29.5 Å². The Bertz CT molecular complexity index is 1020. The second-order valence-electron chi connectivity index (χ2n) is 7.43. The van der Waals surface area contributed by atoms with E-state index in [1.54, 1.807) is 17.4 Å². The molecular weight excluding hydrogens is 390 g/mol. The van der Waals surface area contributed by atoms with Gasteiger partial charge in [-0.3, -0.25) is 9.59 Å². The van der Waals surface area contributed by atoms with E-state index in [0.29, 0.717) is 12.1 Å². The van der Waals surface area contributed by atoms with Crippen LogP contribution in [-0.2, 0) is 11.2 Å². The first-order valence-electron chi connectivity index (χ1n) is 9.49. The number of benzene rings is 1. The fourth-order valence-corrected chi connectivity index (χ4v) is 4.55. The molecule has 0 radical (unpaired) electrons. The Labute approximate surface area is 172 Å². The molecule has 0 unspecified atom stereocenters. The molecule has 1 saturated heterocycles. The maximum absolute atomic E-state index is 13.1. The quantitative estimate of drug-likeness (QED) is 0.508. The van der Waals surface area contributed by atoms with Crippen LogP contribution in [0.4, 0.5) is 0 Å². The number of carbonyl (C=O) groups is 2. The Morgan fingerprint density at radius 1 is 1.24 bits per heavy atom. The number of aliphatic hydroxyl groups excluding tert-OH is 2. The van der Waals surface area contributed by atoms with Gasteiger partial charge >= 0.3 is 0 Å². The van der Waals surface area contributed by atoms with Gasteiger partial charge in [0.05, 0.1) is 22.4 Å². The minimum Gasteiger partial charge on any atom is -0.388 e. The van der Waals surface area contributed by atoms with Crippen LogP contribution in [0.25, 0.3) is 10.2 Å². The highest BCUT2D eigenvalue weighted by atomic mass is 32.1. The first kappa shape index (κ1) is 19.6. The molecule has 3 aromatic rings. The highest BCUT2D eigenvalue weighted by Gasteiger charge is 2.36. The highest BCUT2D eigenvalue weighted by Crippen LogP contribution is 2.25. The number of aliphatic hydroxyl groups is 2. The van der Waals surface area contributed by atoms with Crippen LogP contribution in [0, 0.1) is 6.92 Å². The molecule has 8 heteroatoms. The number of likely N-dealkylation sites (tertiary alicyclic amines) is 1. The van der Waals surface area contributed by atoms with Gasteiger partial charge in [0.25, 0.3) is 5.91 Å². The minimum atomic E-state index is -0.967. The van der Waals surface area contributed by atoms with Crippen molar-refractivity contribution in [3.05, 3.63) is 58.6 Å². The largest absolute Gasteiger partial charge is 0.388 e. The summed E-state index contributed by atoms with van der Waals surface area (Å²) in [6.45, 7) is 2.08. The molecule has 1 aromatic carbocycles. The standard InChI is InChI=1S/C21H23N3O4S/c1-12-11-29-18-8-14(22-19(12)18)20(27)23-15(7-13-5-3-2-4-6-13)21(28)24-9-16(25)17(26)10-24/h2-6,8,11,15-17,22,25-26H,7,9-10H2,1H3,(H,23,27)/t15-,16-,17+/m0/s1. The van der Waals surface area contributed by atoms with E-state index < -0.39 is 18.2 Å². The fourth-order valence-electron chi connectivity index (χ4n) is 3.61. The first-order valence-corrected chi connectivity index (χ1v) is 10.4. The van der Waals surface area contributed by atoms with E-state index in [9.17, 15) is 19.8 Å². The summed E-state index contributed by atoms with van der Waals surface area (Å²) in [6.07, 6.45) is -1.61. The van der Waals surface area contributed by atoms with Crippen molar-refractivity contribution in [1.82, 2.24) is 15.2 Å². The van der Waals surface area contributed by atoms with Crippen LogP contribution in [0.5, 0.6) is 0 Å². The van der Waals surface area contributed by atoms with Crippen LogP contribution in [0.1, 0.15) is 21.6 Å². The van der Waals surface area contributed by atoms with Gasteiger partial charge < -0.3 is 25.4 Å². The molecule has 0 spiro atoms. The minimum absolute atomic E-state index is 0.0542. The number of H-pyrrole nitrogens is 1. The van der Waals surface area contributed by atoms with Crippen LogP contribution >= 0.6 is 11.3 Å². The smallest absolute Gasteiger partial charge is 0.268 e. The fraction of sp³-hybridized carbons (Fsp3) is 0.333. The molecule has 2 amide bonds. The lowest BCUT2D eigenvalue weighted by Gasteiger charge is -2.24. The van der Waals surface area contributed by atoms with Gasteiger partial charge in [0.15, 0.2) is 0 Å². The van der Waals surface area contributed by atoms with Gasteiger partial charge in [0.2, 0.25) is 5.91 Å². The first-order chi connectivity index (χ1) is 13.9. The number of β-amino-alcohol motifs (C(OH)–C–C–N with tert-alkyl or cyclic N) is 2. The van der Waals surface area contributed by atoms with E-state index in [4.69, 9.17) is 0 Å². The SMILES string of the molecule is Cc1csc2cc(C(=O)N[C@@H](Cc3ccccc3)C(=O)N3C[C@@H](O)[C@@H](O)C3)[nH]c12. The van der Waals surface area contributed by atoms with Crippen molar-refractivity contribution in [2.24, 2.45) is 0 Å². The number of thiophene rings is 1. The van der Waals surface area contributed by atoms with Crippen molar-refractivity contribution >= 4 is 33.4 Å². The maximum atomic E-state index is 13.1. The number of nitrogens with zero attached hydrogens (tertiary/aromatic N) is 1. The molecule has 3 atom stereocenters. The Hall–Kier alpha value is -2.68. The number of hydrogen-bond donors (Lipinski definition) is 4. The van der Waals surface area contributed by atoms with Crippen molar-refractivity contribution < 1.29 is 19.8 Å². The number of aromatic amines is 1. The van der Waals surface area contributed by atoms with Gasteiger partial charge in [-0.25, -0.2) is 0 Å². The summed E-state index contributed by atoms with van der Waals surface area (Å²) < 4.78 is 0.990. The van der Waals surface area contributed by atoms with Crippen LogP contribution in [0.15, 0.2) is 41.8 Å². The normalized spacial score (nSPS) is 20.2. The second-order valence-corrected chi connectivity index (χ2v) is 8.35. The van der Waals surface area contributed by atoms with Crippen LogP contribution in [0.3, 0.4) is 0 Å². The summed E-state index contributed by atoms with van der Waals surface area (Å²) in [6, 6.07) is 10.4. The number of nitrogens with one attached hydrogen (secondary N) is 2. The molecule has 1 aliphatic heterocycles. The zero-order valence-corrected chi connectivity index (χ0v) is 16.8. The molecule has 7 nitrogen and oxygen atoms in total. The molecule has 0 aliphatic carbocycles. The lowest BCUT2D eigenvalue weighted by atomic mass is 10.0. The summed E-state index contributed by atoms with van der Waals surface area (Å²) in [5.74, 6) is -0.676. The van der Waals surface area contributed by atoms with Gasteiger partial charge in [0.1, 0.15) is 11.7 Å². The summed E-state index contributed by atoms with van der Waals surface area (Å²) >= 11 is 1.56. The molecule has 1 fully saturated rings. The number of fused-ring (bicyclic) bond motifs is 1. The van der Waals surface area contributed by atoms with Gasteiger partial charge in [-0.1, -0.05) is 30.3 Å². The predicted octanol–water partition coefficient (Wildman–Crippen LogP) is 1.44. The van der Waals surface area contributed by atoms with E-state index in [1.807, 2.05) is 42.6 Å². The van der Waals surface area contributed by atoms with Gasteiger partial charge in [-0.2, -0.15) is 0 Å². The van der Waals surface area contributed by atoms with Crippen molar-refractivity contribution in [2.45, 2.75) is 31.6 Å². The number of aryl methyl sites for hydroxylation is 1. The van der Waals surface area contributed by atoms with Crippen LogP contribution in [0.2, 0.25) is 0 Å². The molecule has 2 aromatic heterocycles. The predicted molar refractivity (Wildman–Crippen MR) is 111 cm³/mol. The van der Waals surface area contributed by atoms with E-state index in [0.717, 1.165) is 21.3 Å². The lowest BCUT2D eigenvalue weighted by Crippen LogP contribution is -2.49. The number of carbonyl (C=O) groups excluding carboxylic acids is 2. The topological polar surface area (TPSA) is 106 Å². The molecule has 4 N–H and O–H groups in total. The monoisotopic (exact) mass is 413 g/mol. The average Bonchev–Trinajstić information content (AvgIpc) is 3.38. The molecule has 152 valence electrons. The van der Waals surface area contributed by atoms with E-state index >= 15 is 0 Å². The summed E-state index contributed by atoms with van der Waals surface area (Å²) in [7, 11) is 0. The van der Waals surface area contributed by atoms with Crippen molar-refractivity contribution in [3.63, 3.8) is 0 Å². The van der Waals surface area contributed by atoms with Crippen molar-refractivity contribution in [3.8, 4) is 0 Å². The average molecular weight is 413 g/mol. The maximum Gasteiger partial charge on any atom is 0.268 e. The number of hydrogen-bond acceptors (Lipinski definition) is 5. The molecule has 4 rings (SSSR count). The number of amides is 2. The molecule has 29 heavy (non-hydrogen) atoms. The van der Waals surface area contributed by atoms with E-state index in [1.165, 1.54) is 4.90 Å². The Kier molecular flexibility index (Phi) is 5.40. The van der Waals surface area contributed by atoms with E-state index in [2.05, 4.69) is 10.3 Å². The zero-order chi connectivity index (χ0) is 20.5. The summed E-state index contributed by atoms with van der Waals surface area (Å²) in [5, 5.41) is 24.5. The molecule has 0 bridgehead atoms. The van der Waals surface area contributed by atoms with Crippen LogP contribution in [-0.4, -0.2) is 63.3 Å². The van der Waals surface area contributed by atoms with Gasteiger partial charge in [0, 0.05) is 19.5 Å². The summed E-state index contributed by atoms with van der Waals surface area (Å²) in [5.41, 5.74) is 3.31. The number of rotatable bonds is 5. The van der Waals surface area contributed by atoms with Crippen molar-refractivity contribution in [1.29, 1.82) is 0 Å². The highest BCUT2D eigenvalue weighted by molar-refractivity contribution is 7.17. The van der Waals surface area contributed by atoms with Crippen LogP contribution < -0.4 is 5.32 Å². The van der Waals surface area contributed by atoms with E-state index in [-0.39, 0.29) is 24.9 Å². The van der Waals surface area contributed by atoms with Crippen molar-refractivity contribution in [2.75, 3.05) is 13.1 Å². The third kappa shape index (κ3) is 4.05. The zero-order valence-electron chi connectivity index (χ0n) is 16.0. The third-order valence-electron chi connectivity index (χ3n) is 5.24. The molecule has 0 saturated carbocycles. The summed E-state index contributed by atoms with van der Waals surface area (Å²) in [4.78, 5) is 30.5. The molecular formula is C21H23N3O4S. The van der Waals surface area contributed by atoms with Gasteiger partial charge in [-0.15, -0.1) is 11.3 Å². The second kappa shape index (κ2) is 7.98.